The minimum Gasteiger partial charge on any atom is -0.393 e. The number of nitrogens with zero attached hydrogens (tertiary/aromatic N) is 2. The first-order valence-electron chi connectivity index (χ1n) is 6.88. The Morgan fingerprint density at radius 1 is 1.29 bits per heavy atom. The summed E-state index contributed by atoms with van der Waals surface area (Å²) in [5.74, 6) is 1.60. The Labute approximate surface area is 104 Å². The quantitative estimate of drug-likeness (QED) is 0.815. The van der Waals surface area contributed by atoms with Crippen LogP contribution in [0.15, 0.2) is 0 Å². The van der Waals surface area contributed by atoms with E-state index in [4.69, 9.17) is 0 Å². The molecular formula is C14H24N2O. The monoisotopic (exact) mass is 236 g/mol. The zero-order valence-corrected chi connectivity index (χ0v) is 11.0. The molecule has 0 saturated heterocycles. The van der Waals surface area contributed by atoms with Gasteiger partial charge in [-0.1, -0.05) is 6.92 Å². The van der Waals surface area contributed by atoms with Gasteiger partial charge in [0.15, 0.2) is 0 Å². The second-order valence-corrected chi connectivity index (χ2v) is 6.15. The number of nitriles is 1. The first kappa shape index (κ1) is 12.9. The Morgan fingerprint density at radius 2 is 2.00 bits per heavy atom. The lowest BCUT2D eigenvalue weighted by Gasteiger charge is -2.41. The van der Waals surface area contributed by atoms with E-state index < -0.39 is 0 Å². The van der Waals surface area contributed by atoms with E-state index in [1.807, 2.05) is 0 Å². The smallest absolute Gasteiger partial charge is 0.0672 e. The van der Waals surface area contributed by atoms with E-state index in [1.54, 1.807) is 0 Å². The average Bonchev–Trinajstić information content (AvgIpc) is 2.27. The molecule has 2 saturated carbocycles. The van der Waals surface area contributed by atoms with Crippen molar-refractivity contribution in [1.29, 1.82) is 5.26 Å². The summed E-state index contributed by atoms with van der Waals surface area (Å²) in [5.41, 5.74) is 0. The van der Waals surface area contributed by atoms with Gasteiger partial charge in [0, 0.05) is 12.6 Å². The van der Waals surface area contributed by atoms with Crippen LogP contribution >= 0.6 is 0 Å². The Hall–Kier alpha value is -0.590. The maximum absolute atomic E-state index is 9.31. The Bertz CT molecular complexity index is 293. The first-order valence-corrected chi connectivity index (χ1v) is 6.88. The Kier molecular flexibility index (Phi) is 4.06. The molecule has 2 fully saturated rings. The predicted octanol–water partition coefficient (Wildman–Crippen LogP) is 2.02. The van der Waals surface area contributed by atoms with E-state index in [0.29, 0.717) is 12.0 Å². The van der Waals surface area contributed by atoms with Crippen molar-refractivity contribution >= 4 is 0 Å². The first-order chi connectivity index (χ1) is 8.10. The molecule has 0 aromatic heterocycles. The number of aliphatic hydroxyl groups excluding tert-OH is 1. The van der Waals surface area contributed by atoms with Gasteiger partial charge in [-0.2, -0.15) is 5.26 Å². The van der Waals surface area contributed by atoms with Crippen LogP contribution in [0, 0.1) is 29.1 Å². The van der Waals surface area contributed by atoms with Crippen molar-refractivity contribution in [3.05, 3.63) is 0 Å². The predicted molar refractivity (Wildman–Crippen MR) is 67.3 cm³/mol. The topological polar surface area (TPSA) is 47.3 Å². The van der Waals surface area contributed by atoms with Gasteiger partial charge in [-0.3, -0.25) is 0 Å². The third-order valence-corrected chi connectivity index (χ3v) is 4.57. The van der Waals surface area contributed by atoms with E-state index in [1.165, 1.54) is 6.42 Å². The van der Waals surface area contributed by atoms with Crippen molar-refractivity contribution in [2.24, 2.45) is 17.8 Å². The fraction of sp³-hybridized carbons (Fsp3) is 0.929. The van der Waals surface area contributed by atoms with Gasteiger partial charge in [0.05, 0.1) is 18.1 Å². The highest BCUT2D eigenvalue weighted by Gasteiger charge is 2.34. The Morgan fingerprint density at radius 3 is 2.59 bits per heavy atom. The molecule has 0 aromatic carbocycles. The van der Waals surface area contributed by atoms with Gasteiger partial charge >= 0.3 is 0 Å². The molecule has 96 valence electrons. The van der Waals surface area contributed by atoms with Crippen molar-refractivity contribution in [2.75, 3.05) is 13.6 Å². The molecule has 0 aliphatic heterocycles. The summed E-state index contributed by atoms with van der Waals surface area (Å²) in [6, 6.07) is 2.91. The number of hydrogen-bond acceptors (Lipinski definition) is 3. The fourth-order valence-electron chi connectivity index (χ4n) is 3.38. The maximum Gasteiger partial charge on any atom is 0.0672 e. The van der Waals surface area contributed by atoms with Crippen LogP contribution in [0.25, 0.3) is 0 Å². The highest BCUT2D eigenvalue weighted by molar-refractivity contribution is 4.97. The Balaban J connectivity index is 1.87. The van der Waals surface area contributed by atoms with Crippen molar-refractivity contribution in [2.45, 2.75) is 51.2 Å². The summed E-state index contributed by atoms with van der Waals surface area (Å²) >= 11 is 0. The van der Waals surface area contributed by atoms with E-state index in [-0.39, 0.29) is 12.0 Å². The molecular weight excluding hydrogens is 212 g/mol. The van der Waals surface area contributed by atoms with E-state index >= 15 is 0 Å². The molecule has 0 radical (unpaired) electrons. The van der Waals surface area contributed by atoms with Crippen LogP contribution < -0.4 is 0 Å². The molecule has 2 rings (SSSR count). The summed E-state index contributed by atoms with van der Waals surface area (Å²) in [7, 11) is 2.15. The second-order valence-electron chi connectivity index (χ2n) is 6.15. The normalized spacial score (nSPS) is 41.9. The highest BCUT2D eigenvalue weighted by atomic mass is 16.3. The van der Waals surface area contributed by atoms with Gasteiger partial charge in [-0.05, 0) is 51.0 Å². The number of rotatable bonds is 3. The number of aliphatic hydroxyl groups is 1. The standard InChI is InChI=1S/C14H24N2O/c1-10-3-4-12(8-15)14(5-10)16(2)9-11-6-13(17)7-11/h10-14,17H,3-7,9H2,1-2H3. The SMILES string of the molecule is CC1CCC(C#N)C(N(C)CC2CC(O)C2)C1. The summed E-state index contributed by atoms with van der Waals surface area (Å²) in [4.78, 5) is 2.38. The summed E-state index contributed by atoms with van der Waals surface area (Å²) in [5, 5.41) is 18.5. The van der Waals surface area contributed by atoms with Gasteiger partial charge in [-0.15, -0.1) is 0 Å². The van der Waals surface area contributed by atoms with Crippen molar-refractivity contribution in [3.63, 3.8) is 0 Å². The summed E-state index contributed by atoms with van der Waals surface area (Å²) in [6.07, 6.45) is 5.24. The molecule has 3 heteroatoms. The number of hydrogen-bond donors (Lipinski definition) is 1. The van der Waals surface area contributed by atoms with E-state index in [0.717, 1.165) is 38.1 Å². The molecule has 0 aromatic rings. The molecule has 3 atom stereocenters. The van der Waals surface area contributed by atoms with Gasteiger partial charge < -0.3 is 10.0 Å². The lowest BCUT2D eigenvalue weighted by atomic mass is 9.77. The van der Waals surface area contributed by atoms with Crippen LogP contribution in [0.4, 0.5) is 0 Å². The lowest BCUT2D eigenvalue weighted by molar-refractivity contribution is 0.0127. The van der Waals surface area contributed by atoms with Crippen LogP contribution in [0.3, 0.4) is 0 Å². The van der Waals surface area contributed by atoms with Crippen molar-refractivity contribution in [1.82, 2.24) is 4.90 Å². The molecule has 17 heavy (non-hydrogen) atoms. The van der Waals surface area contributed by atoms with Crippen LogP contribution in [0.1, 0.15) is 39.0 Å². The molecule has 0 bridgehead atoms. The molecule has 0 spiro atoms. The van der Waals surface area contributed by atoms with E-state index in [9.17, 15) is 10.4 Å². The molecule has 3 unspecified atom stereocenters. The zero-order chi connectivity index (χ0) is 12.4. The minimum absolute atomic E-state index is 0.0644. The lowest BCUT2D eigenvalue weighted by Crippen LogP contribution is -2.46. The van der Waals surface area contributed by atoms with Crippen LogP contribution in [-0.4, -0.2) is 35.7 Å². The molecule has 0 amide bonds. The average molecular weight is 236 g/mol. The van der Waals surface area contributed by atoms with Crippen LogP contribution in [-0.2, 0) is 0 Å². The summed E-state index contributed by atoms with van der Waals surface area (Å²) in [6.45, 7) is 3.34. The fourth-order valence-corrected chi connectivity index (χ4v) is 3.38. The van der Waals surface area contributed by atoms with E-state index in [2.05, 4.69) is 24.9 Å². The largest absolute Gasteiger partial charge is 0.393 e. The third-order valence-electron chi connectivity index (χ3n) is 4.57. The minimum atomic E-state index is -0.0644. The second kappa shape index (κ2) is 5.37. The molecule has 2 aliphatic carbocycles. The summed E-state index contributed by atoms with van der Waals surface area (Å²) < 4.78 is 0. The van der Waals surface area contributed by atoms with Crippen LogP contribution in [0.2, 0.25) is 0 Å². The zero-order valence-electron chi connectivity index (χ0n) is 11.0. The van der Waals surface area contributed by atoms with Crippen molar-refractivity contribution in [3.8, 4) is 6.07 Å². The molecule has 1 N–H and O–H groups in total. The van der Waals surface area contributed by atoms with Crippen molar-refractivity contribution < 1.29 is 5.11 Å². The molecule has 0 heterocycles. The maximum atomic E-state index is 9.31. The molecule has 3 nitrogen and oxygen atoms in total. The third kappa shape index (κ3) is 3.00. The van der Waals surface area contributed by atoms with Gasteiger partial charge in [0.25, 0.3) is 0 Å². The van der Waals surface area contributed by atoms with Gasteiger partial charge in [0.2, 0.25) is 0 Å². The molecule has 2 aliphatic rings. The van der Waals surface area contributed by atoms with Crippen LogP contribution in [0.5, 0.6) is 0 Å². The highest BCUT2D eigenvalue weighted by Crippen LogP contribution is 2.34. The van der Waals surface area contributed by atoms with Gasteiger partial charge in [0.1, 0.15) is 0 Å². The van der Waals surface area contributed by atoms with Gasteiger partial charge in [-0.25, -0.2) is 0 Å².